The highest BCUT2D eigenvalue weighted by molar-refractivity contribution is 7.90. The SMILES string of the molecule is CCS(=O)(=O)Cc1ccc(CCC(=O)c2ccc(C(C)(C)C)cc2)c(Cl)c1. The van der Waals surface area contributed by atoms with E-state index in [0.29, 0.717) is 29.0 Å². The Kier molecular flexibility index (Phi) is 6.87. The number of benzene rings is 2. The summed E-state index contributed by atoms with van der Waals surface area (Å²) in [7, 11) is -3.09. The minimum absolute atomic E-state index is 0.0114. The molecule has 0 spiro atoms. The van der Waals surface area contributed by atoms with Gasteiger partial charge in [0.15, 0.2) is 15.6 Å². The molecular formula is C22H27ClO3S. The number of halogens is 1. The van der Waals surface area contributed by atoms with E-state index in [9.17, 15) is 13.2 Å². The molecule has 0 fully saturated rings. The predicted molar refractivity (Wildman–Crippen MR) is 112 cm³/mol. The summed E-state index contributed by atoms with van der Waals surface area (Å²) < 4.78 is 23.5. The standard InChI is InChI=1S/C22H27ClO3S/c1-5-27(25,26)15-16-6-7-17(20(23)14-16)10-13-21(24)18-8-11-19(12-9-18)22(2,3)4/h6-9,11-12,14H,5,10,13,15H2,1-4H3. The summed E-state index contributed by atoms with van der Waals surface area (Å²) >= 11 is 6.30. The first-order chi connectivity index (χ1) is 12.5. The third-order valence-corrected chi connectivity index (χ3v) is 6.64. The van der Waals surface area contributed by atoms with E-state index in [2.05, 4.69) is 20.8 Å². The molecule has 2 aromatic rings. The molecule has 3 nitrogen and oxygen atoms in total. The number of hydrogen-bond donors (Lipinski definition) is 0. The first kappa shape index (κ1) is 21.6. The van der Waals surface area contributed by atoms with Crippen molar-refractivity contribution in [2.24, 2.45) is 0 Å². The van der Waals surface area contributed by atoms with Crippen LogP contribution in [0.3, 0.4) is 0 Å². The molecule has 2 rings (SSSR count). The van der Waals surface area contributed by atoms with Crippen LogP contribution < -0.4 is 0 Å². The van der Waals surface area contributed by atoms with E-state index in [-0.39, 0.29) is 22.7 Å². The molecule has 146 valence electrons. The van der Waals surface area contributed by atoms with Gasteiger partial charge < -0.3 is 0 Å². The maximum Gasteiger partial charge on any atom is 0.163 e. The molecule has 2 aromatic carbocycles. The lowest BCUT2D eigenvalue weighted by Gasteiger charge is -2.19. The van der Waals surface area contributed by atoms with Crippen LogP contribution in [0, 0.1) is 0 Å². The summed E-state index contributed by atoms with van der Waals surface area (Å²) in [4.78, 5) is 12.5. The Labute approximate surface area is 167 Å². The summed E-state index contributed by atoms with van der Waals surface area (Å²) in [5.74, 6) is 0.168. The highest BCUT2D eigenvalue weighted by Crippen LogP contribution is 2.24. The first-order valence-electron chi connectivity index (χ1n) is 9.13. The average molecular weight is 407 g/mol. The van der Waals surface area contributed by atoms with E-state index in [4.69, 9.17) is 11.6 Å². The Hall–Kier alpha value is -1.65. The van der Waals surface area contributed by atoms with Crippen LogP contribution in [0.15, 0.2) is 42.5 Å². The van der Waals surface area contributed by atoms with Gasteiger partial charge in [-0.05, 0) is 34.6 Å². The Morgan fingerprint density at radius 1 is 1.04 bits per heavy atom. The molecule has 0 atom stereocenters. The van der Waals surface area contributed by atoms with Crippen LogP contribution in [0.5, 0.6) is 0 Å². The zero-order chi connectivity index (χ0) is 20.2. The van der Waals surface area contributed by atoms with Crippen LogP contribution in [0.25, 0.3) is 0 Å². The van der Waals surface area contributed by atoms with E-state index in [1.54, 1.807) is 19.1 Å². The molecule has 5 heteroatoms. The Bertz CT molecular complexity index is 908. The molecule has 0 saturated carbocycles. The highest BCUT2D eigenvalue weighted by atomic mass is 35.5. The van der Waals surface area contributed by atoms with Crippen molar-refractivity contribution in [3.63, 3.8) is 0 Å². The minimum Gasteiger partial charge on any atom is -0.294 e. The lowest BCUT2D eigenvalue weighted by molar-refractivity contribution is 0.0983. The molecule has 0 aliphatic rings. The summed E-state index contributed by atoms with van der Waals surface area (Å²) in [5, 5.41) is 0.509. The van der Waals surface area contributed by atoms with Crippen molar-refractivity contribution in [1.29, 1.82) is 0 Å². The molecule has 0 saturated heterocycles. The number of carbonyl (C=O) groups excluding carboxylic acids is 1. The van der Waals surface area contributed by atoms with E-state index in [0.717, 1.165) is 5.56 Å². The number of carbonyl (C=O) groups is 1. The van der Waals surface area contributed by atoms with Crippen molar-refractivity contribution in [2.45, 2.75) is 51.7 Å². The Balaban J connectivity index is 2.02. The second-order valence-electron chi connectivity index (χ2n) is 7.85. The highest BCUT2D eigenvalue weighted by Gasteiger charge is 2.15. The zero-order valence-electron chi connectivity index (χ0n) is 16.4. The topological polar surface area (TPSA) is 51.2 Å². The van der Waals surface area contributed by atoms with Crippen molar-refractivity contribution < 1.29 is 13.2 Å². The number of aryl methyl sites for hydroxylation is 1. The molecule has 0 unspecified atom stereocenters. The van der Waals surface area contributed by atoms with Gasteiger partial charge in [0.25, 0.3) is 0 Å². The van der Waals surface area contributed by atoms with E-state index in [1.165, 1.54) is 5.56 Å². The molecule has 0 aliphatic carbocycles. The van der Waals surface area contributed by atoms with Gasteiger partial charge in [0.1, 0.15) is 0 Å². The van der Waals surface area contributed by atoms with Gasteiger partial charge in [-0.3, -0.25) is 4.79 Å². The van der Waals surface area contributed by atoms with Crippen LogP contribution in [-0.4, -0.2) is 20.0 Å². The van der Waals surface area contributed by atoms with Gasteiger partial charge in [0.2, 0.25) is 0 Å². The maximum atomic E-state index is 12.5. The van der Waals surface area contributed by atoms with Crippen LogP contribution >= 0.6 is 11.6 Å². The van der Waals surface area contributed by atoms with Gasteiger partial charge in [-0.25, -0.2) is 8.42 Å². The molecule has 0 aromatic heterocycles. The van der Waals surface area contributed by atoms with Crippen molar-refractivity contribution in [3.05, 3.63) is 69.7 Å². The quantitative estimate of drug-likeness (QED) is 0.579. The van der Waals surface area contributed by atoms with Crippen molar-refractivity contribution in [2.75, 3.05) is 5.75 Å². The number of rotatable bonds is 7. The van der Waals surface area contributed by atoms with Crippen LogP contribution in [0.2, 0.25) is 5.02 Å². The predicted octanol–water partition coefficient (Wildman–Crippen LogP) is 5.39. The van der Waals surface area contributed by atoms with Gasteiger partial charge in [-0.15, -0.1) is 0 Å². The van der Waals surface area contributed by atoms with Gasteiger partial charge in [-0.1, -0.05) is 75.7 Å². The van der Waals surface area contributed by atoms with E-state index >= 15 is 0 Å². The fourth-order valence-electron chi connectivity index (χ4n) is 2.79. The molecule has 0 heterocycles. The van der Waals surface area contributed by atoms with Gasteiger partial charge >= 0.3 is 0 Å². The van der Waals surface area contributed by atoms with Gasteiger partial charge in [0.05, 0.1) is 5.75 Å². The van der Waals surface area contributed by atoms with Gasteiger partial charge in [-0.2, -0.15) is 0 Å². The smallest absolute Gasteiger partial charge is 0.163 e. The average Bonchev–Trinajstić information content (AvgIpc) is 2.60. The van der Waals surface area contributed by atoms with E-state index in [1.807, 2.05) is 30.3 Å². The fourth-order valence-corrected chi connectivity index (χ4v) is 3.98. The molecule has 27 heavy (non-hydrogen) atoms. The molecule has 0 radical (unpaired) electrons. The fraction of sp³-hybridized carbons (Fsp3) is 0.409. The molecule has 0 N–H and O–H groups in total. The van der Waals surface area contributed by atoms with Crippen molar-refractivity contribution in [1.82, 2.24) is 0 Å². The Morgan fingerprint density at radius 3 is 2.19 bits per heavy atom. The molecular weight excluding hydrogens is 380 g/mol. The lowest BCUT2D eigenvalue weighted by Crippen LogP contribution is -2.11. The number of Topliss-reactive ketones (excluding diaryl/α,β-unsaturated/α-hetero) is 1. The maximum absolute atomic E-state index is 12.5. The van der Waals surface area contributed by atoms with Crippen LogP contribution in [0.4, 0.5) is 0 Å². The third-order valence-electron chi connectivity index (χ3n) is 4.64. The second-order valence-corrected chi connectivity index (χ2v) is 10.6. The summed E-state index contributed by atoms with van der Waals surface area (Å²) in [6.07, 6.45) is 0.890. The number of hydrogen-bond acceptors (Lipinski definition) is 3. The molecule has 0 aliphatic heterocycles. The zero-order valence-corrected chi connectivity index (χ0v) is 18.0. The Morgan fingerprint density at radius 2 is 1.67 bits per heavy atom. The summed E-state index contributed by atoms with van der Waals surface area (Å²) in [6.45, 7) is 8.05. The summed E-state index contributed by atoms with van der Waals surface area (Å²) in [6, 6.07) is 13.0. The van der Waals surface area contributed by atoms with E-state index < -0.39 is 9.84 Å². The van der Waals surface area contributed by atoms with Crippen LogP contribution in [-0.2, 0) is 27.4 Å². The van der Waals surface area contributed by atoms with Gasteiger partial charge in [0, 0.05) is 22.8 Å². The van der Waals surface area contributed by atoms with Crippen molar-refractivity contribution >= 4 is 27.2 Å². The normalized spacial score (nSPS) is 12.2. The van der Waals surface area contributed by atoms with Crippen LogP contribution in [0.1, 0.15) is 61.2 Å². The monoisotopic (exact) mass is 406 g/mol. The third kappa shape index (κ3) is 6.18. The summed E-state index contributed by atoms with van der Waals surface area (Å²) in [5.41, 5.74) is 3.48. The largest absolute Gasteiger partial charge is 0.294 e. The minimum atomic E-state index is -3.09. The van der Waals surface area contributed by atoms with Crippen molar-refractivity contribution in [3.8, 4) is 0 Å². The number of ketones is 1. The number of sulfone groups is 1. The first-order valence-corrected chi connectivity index (χ1v) is 11.3. The second kappa shape index (κ2) is 8.57. The lowest BCUT2D eigenvalue weighted by atomic mass is 9.86. The molecule has 0 bridgehead atoms. The molecule has 0 amide bonds.